The summed E-state index contributed by atoms with van der Waals surface area (Å²) in [5.41, 5.74) is 8.15. The Morgan fingerprint density at radius 2 is 2.36 bits per heavy atom. The maximum atomic E-state index is 5.15. The second-order valence-electron chi connectivity index (χ2n) is 2.84. The highest BCUT2D eigenvalue weighted by atomic mass is 14.8. The maximum Gasteiger partial charge on any atom is 0.0853 e. The quantitative estimate of drug-likeness (QED) is 0.446. The molecule has 0 saturated heterocycles. The molecule has 0 amide bonds. The van der Waals surface area contributed by atoms with Gasteiger partial charge in [0, 0.05) is 29.7 Å². The van der Waals surface area contributed by atoms with Gasteiger partial charge in [0.25, 0.3) is 0 Å². The first-order chi connectivity index (χ1) is 6.77. The summed E-state index contributed by atoms with van der Waals surface area (Å²) in [4.78, 5) is 7.93. The molecule has 0 aliphatic carbocycles. The minimum Gasteiger partial charge on any atom is -0.390 e. The van der Waals surface area contributed by atoms with Crippen LogP contribution in [0.3, 0.4) is 0 Å². The Morgan fingerprint density at radius 3 is 2.93 bits per heavy atom. The summed E-state index contributed by atoms with van der Waals surface area (Å²) in [6.45, 7) is 5.70. The molecule has 2 N–H and O–H groups in total. The van der Waals surface area contributed by atoms with Crippen LogP contribution in [-0.2, 0) is 0 Å². The van der Waals surface area contributed by atoms with Gasteiger partial charge in [-0.1, -0.05) is 12.7 Å². The van der Waals surface area contributed by atoms with E-state index in [4.69, 9.17) is 5.73 Å². The van der Waals surface area contributed by atoms with Crippen LogP contribution in [0.4, 0.5) is 0 Å². The standard InChI is InChI=1S/C11H13N3/c1-3-10(6-14-8-12)11-4-9(2)5-13-7-11/h3-8H,1H2,2H3,(H2,12,14)/b10-6+. The Balaban J connectivity index is 3.06. The number of pyridine rings is 1. The van der Waals surface area contributed by atoms with Crippen LogP contribution in [-0.4, -0.2) is 11.3 Å². The molecule has 1 rings (SSSR count). The van der Waals surface area contributed by atoms with Gasteiger partial charge in [-0.05, 0) is 18.6 Å². The number of hydrogen-bond acceptors (Lipinski definition) is 2. The molecule has 72 valence electrons. The van der Waals surface area contributed by atoms with Crippen LogP contribution >= 0.6 is 0 Å². The lowest BCUT2D eigenvalue weighted by molar-refractivity contribution is 1.25. The minimum absolute atomic E-state index is 0.905. The van der Waals surface area contributed by atoms with Crippen molar-refractivity contribution in [3.8, 4) is 0 Å². The van der Waals surface area contributed by atoms with Gasteiger partial charge in [-0.25, -0.2) is 4.99 Å². The van der Waals surface area contributed by atoms with Gasteiger partial charge in [-0.15, -0.1) is 0 Å². The lowest BCUT2D eigenvalue weighted by Crippen LogP contribution is -1.88. The van der Waals surface area contributed by atoms with Gasteiger partial charge >= 0.3 is 0 Å². The van der Waals surface area contributed by atoms with Gasteiger partial charge in [0.05, 0.1) is 6.34 Å². The van der Waals surface area contributed by atoms with E-state index in [9.17, 15) is 0 Å². The van der Waals surface area contributed by atoms with E-state index in [1.54, 1.807) is 24.7 Å². The summed E-state index contributed by atoms with van der Waals surface area (Å²) in [6, 6.07) is 2.02. The van der Waals surface area contributed by atoms with Crippen molar-refractivity contribution in [1.29, 1.82) is 0 Å². The van der Waals surface area contributed by atoms with Gasteiger partial charge in [-0.2, -0.15) is 0 Å². The van der Waals surface area contributed by atoms with Gasteiger partial charge < -0.3 is 5.73 Å². The van der Waals surface area contributed by atoms with Gasteiger partial charge in [0.15, 0.2) is 0 Å². The highest BCUT2D eigenvalue weighted by molar-refractivity contribution is 5.74. The predicted octanol–water partition coefficient (Wildman–Crippen LogP) is 1.90. The smallest absolute Gasteiger partial charge is 0.0853 e. The van der Waals surface area contributed by atoms with Crippen molar-refractivity contribution in [2.45, 2.75) is 6.92 Å². The third-order valence-corrected chi connectivity index (χ3v) is 1.73. The summed E-state index contributed by atoms with van der Waals surface area (Å²) >= 11 is 0. The summed E-state index contributed by atoms with van der Waals surface area (Å²) < 4.78 is 0. The third-order valence-electron chi connectivity index (χ3n) is 1.73. The Bertz CT molecular complexity index is 378. The van der Waals surface area contributed by atoms with Crippen molar-refractivity contribution in [2.75, 3.05) is 0 Å². The molecule has 0 aliphatic rings. The largest absolute Gasteiger partial charge is 0.390 e. The van der Waals surface area contributed by atoms with Gasteiger partial charge in [0.1, 0.15) is 0 Å². The SMILES string of the molecule is C=C/C(=C\N=CN)c1cncc(C)c1. The van der Waals surface area contributed by atoms with E-state index in [-0.39, 0.29) is 0 Å². The van der Waals surface area contributed by atoms with E-state index in [1.165, 1.54) is 6.34 Å². The number of aromatic nitrogens is 1. The van der Waals surface area contributed by atoms with E-state index in [0.29, 0.717) is 0 Å². The monoisotopic (exact) mass is 187 g/mol. The molecule has 0 aliphatic heterocycles. The van der Waals surface area contributed by atoms with Gasteiger partial charge in [-0.3, -0.25) is 4.98 Å². The molecular weight excluding hydrogens is 174 g/mol. The van der Waals surface area contributed by atoms with Crippen LogP contribution < -0.4 is 5.73 Å². The molecule has 3 nitrogen and oxygen atoms in total. The average molecular weight is 187 g/mol. The number of hydrogen-bond donors (Lipinski definition) is 1. The summed E-state index contributed by atoms with van der Waals surface area (Å²) in [7, 11) is 0. The maximum absolute atomic E-state index is 5.15. The Hall–Kier alpha value is -1.90. The van der Waals surface area contributed by atoms with Crippen molar-refractivity contribution in [1.82, 2.24) is 4.98 Å². The molecule has 1 aromatic rings. The average Bonchev–Trinajstić information content (AvgIpc) is 2.19. The number of allylic oxidation sites excluding steroid dienone is 2. The zero-order valence-corrected chi connectivity index (χ0v) is 8.14. The highest BCUT2D eigenvalue weighted by Crippen LogP contribution is 2.15. The van der Waals surface area contributed by atoms with Gasteiger partial charge in [0.2, 0.25) is 0 Å². The van der Waals surface area contributed by atoms with E-state index < -0.39 is 0 Å². The first-order valence-corrected chi connectivity index (χ1v) is 4.26. The number of aliphatic imine (C=N–C) groups is 1. The fraction of sp³-hybridized carbons (Fsp3) is 0.0909. The minimum atomic E-state index is 0.905. The van der Waals surface area contributed by atoms with E-state index in [2.05, 4.69) is 16.6 Å². The topological polar surface area (TPSA) is 51.3 Å². The molecule has 0 fully saturated rings. The molecule has 14 heavy (non-hydrogen) atoms. The number of nitrogens with zero attached hydrogens (tertiary/aromatic N) is 2. The number of rotatable bonds is 3. The summed E-state index contributed by atoms with van der Waals surface area (Å²) in [6.07, 6.45) is 8.20. The lowest BCUT2D eigenvalue weighted by atomic mass is 10.1. The normalized spacial score (nSPS) is 11.9. The fourth-order valence-electron chi connectivity index (χ4n) is 1.08. The number of aryl methyl sites for hydroxylation is 1. The zero-order chi connectivity index (χ0) is 10.4. The molecular formula is C11H13N3. The van der Waals surface area contributed by atoms with Crippen molar-refractivity contribution < 1.29 is 0 Å². The van der Waals surface area contributed by atoms with Crippen LogP contribution in [0.5, 0.6) is 0 Å². The molecule has 0 spiro atoms. The molecule has 0 radical (unpaired) electrons. The number of nitrogens with two attached hydrogens (primary N) is 1. The second-order valence-corrected chi connectivity index (χ2v) is 2.84. The van der Waals surface area contributed by atoms with Crippen molar-refractivity contribution in [3.63, 3.8) is 0 Å². The zero-order valence-electron chi connectivity index (χ0n) is 8.14. The van der Waals surface area contributed by atoms with Crippen molar-refractivity contribution in [3.05, 3.63) is 48.4 Å². The highest BCUT2D eigenvalue weighted by Gasteiger charge is 1.97. The second kappa shape index (κ2) is 4.97. The van der Waals surface area contributed by atoms with Crippen LogP contribution in [0, 0.1) is 6.92 Å². The molecule has 3 heteroatoms. The van der Waals surface area contributed by atoms with Crippen LogP contribution in [0.15, 0.2) is 42.3 Å². The molecule has 1 aromatic heterocycles. The summed E-state index contributed by atoms with van der Waals surface area (Å²) in [5.74, 6) is 0. The Morgan fingerprint density at radius 1 is 1.57 bits per heavy atom. The molecule has 0 saturated carbocycles. The Kier molecular flexibility index (Phi) is 3.61. The van der Waals surface area contributed by atoms with Crippen molar-refractivity contribution in [2.24, 2.45) is 10.7 Å². The lowest BCUT2D eigenvalue weighted by Gasteiger charge is -2.00. The predicted molar refractivity (Wildman–Crippen MR) is 59.8 cm³/mol. The fourth-order valence-corrected chi connectivity index (χ4v) is 1.08. The summed E-state index contributed by atoms with van der Waals surface area (Å²) in [5, 5.41) is 0. The first-order valence-electron chi connectivity index (χ1n) is 4.26. The molecule has 0 bridgehead atoms. The van der Waals surface area contributed by atoms with E-state index >= 15 is 0 Å². The van der Waals surface area contributed by atoms with Crippen LogP contribution in [0.2, 0.25) is 0 Å². The van der Waals surface area contributed by atoms with E-state index in [1.807, 2.05) is 13.0 Å². The first kappa shape index (κ1) is 10.2. The molecule has 0 aromatic carbocycles. The van der Waals surface area contributed by atoms with Crippen molar-refractivity contribution >= 4 is 11.9 Å². The molecule has 0 unspecified atom stereocenters. The van der Waals surface area contributed by atoms with Crippen LogP contribution in [0.25, 0.3) is 5.57 Å². The van der Waals surface area contributed by atoms with Crippen LogP contribution in [0.1, 0.15) is 11.1 Å². The Labute approximate surface area is 83.7 Å². The molecule has 1 heterocycles. The third kappa shape index (κ3) is 2.55. The van der Waals surface area contributed by atoms with E-state index in [0.717, 1.165) is 16.7 Å². The molecule has 0 atom stereocenters.